The fraction of sp³-hybridized carbons (Fsp3) is 1.00. The normalized spacial score (nSPS) is 32.1. The zero-order chi connectivity index (χ0) is 8.16. The molecule has 1 heterocycles. The molecule has 0 spiro atoms. The van der Waals surface area contributed by atoms with Crippen LogP contribution in [0.3, 0.4) is 0 Å². The second-order valence-electron chi connectivity index (χ2n) is 2.24. The van der Waals surface area contributed by atoms with Gasteiger partial charge < -0.3 is 4.52 Å². The van der Waals surface area contributed by atoms with Gasteiger partial charge in [-0.1, -0.05) is 0 Å². The Morgan fingerprint density at radius 1 is 1.73 bits per heavy atom. The lowest BCUT2D eigenvalue weighted by Crippen LogP contribution is -2.30. The summed E-state index contributed by atoms with van der Waals surface area (Å²) in [6.07, 6.45) is 0.909. The summed E-state index contributed by atoms with van der Waals surface area (Å²) >= 11 is 5.42. The van der Waals surface area contributed by atoms with Crippen molar-refractivity contribution in [3.63, 3.8) is 0 Å². The van der Waals surface area contributed by atoms with E-state index in [2.05, 4.69) is 10.2 Å². The average molecular weight is 199 g/mol. The average Bonchev–Trinajstić information content (AvgIpc) is 2.03. The van der Waals surface area contributed by atoms with E-state index >= 15 is 0 Å². The second-order valence-corrected chi connectivity index (χ2v) is 4.62. The summed E-state index contributed by atoms with van der Waals surface area (Å²) in [7, 11) is -2.71. The highest BCUT2D eigenvalue weighted by molar-refractivity contribution is 7.54. The fourth-order valence-electron chi connectivity index (χ4n) is 0.828. The van der Waals surface area contributed by atoms with E-state index in [1.54, 1.807) is 0 Å². The molecule has 1 rings (SSSR count). The van der Waals surface area contributed by atoms with E-state index in [0.717, 1.165) is 13.0 Å². The molecule has 1 saturated heterocycles. The highest BCUT2D eigenvalue weighted by atomic mass is 35.5. The van der Waals surface area contributed by atoms with Gasteiger partial charge in [0, 0.05) is 19.0 Å². The predicted octanol–water partition coefficient (Wildman–Crippen LogP) is 0.933. The van der Waals surface area contributed by atoms with Gasteiger partial charge >= 0.3 is 7.67 Å². The fourth-order valence-corrected chi connectivity index (χ4v) is 2.59. The third-order valence-corrected chi connectivity index (χ3v) is 3.34. The number of hydrogen-bond donors (Lipinski definition) is 2. The largest absolute Gasteiger partial charge is 0.340 e. The molecule has 0 aromatic carbocycles. The smallest absolute Gasteiger partial charge is 0.306 e. The Kier molecular flexibility index (Phi) is 3.82. The van der Waals surface area contributed by atoms with E-state index in [1.807, 2.05) is 0 Å². The molecule has 2 N–H and O–H groups in total. The second kappa shape index (κ2) is 4.43. The molecule has 1 fully saturated rings. The van der Waals surface area contributed by atoms with Crippen LogP contribution in [0.5, 0.6) is 0 Å². The Morgan fingerprint density at radius 2 is 2.55 bits per heavy atom. The molecule has 0 unspecified atom stereocenters. The topological polar surface area (TPSA) is 50.4 Å². The van der Waals surface area contributed by atoms with Crippen molar-refractivity contribution < 1.29 is 9.09 Å². The van der Waals surface area contributed by atoms with Gasteiger partial charge in [0.05, 0.1) is 6.61 Å². The Bertz CT molecular complexity index is 157. The van der Waals surface area contributed by atoms with Gasteiger partial charge in [0.1, 0.15) is 0 Å². The highest BCUT2D eigenvalue weighted by Gasteiger charge is 2.24. The number of halogens is 1. The maximum atomic E-state index is 11.5. The van der Waals surface area contributed by atoms with Gasteiger partial charge in [-0.05, 0) is 6.42 Å². The summed E-state index contributed by atoms with van der Waals surface area (Å²) in [5.41, 5.74) is 0. The molecule has 0 saturated carbocycles. The van der Waals surface area contributed by atoms with Gasteiger partial charge in [-0.25, -0.2) is 10.2 Å². The van der Waals surface area contributed by atoms with Crippen LogP contribution >= 0.6 is 19.3 Å². The molecule has 1 aliphatic heterocycles. The third-order valence-electron chi connectivity index (χ3n) is 1.33. The molecular weight excluding hydrogens is 186 g/mol. The van der Waals surface area contributed by atoms with Crippen LogP contribution in [0.4, 0.5) is 0 Å². The Balaban J connectivity index is 2.32. The molecule has 0 radical (unpaired) electrons. The van der Waals surface area contributed by atoms with E-state index in [0.29, 0.717) is 19.0 Å². The van der Waals surface area contributed by atoms with Crippen LogP contribution in [0.1, 0.15) is 6.42 Å². The quantitative estimate of drug-likeness (QED) is 0.523. The van der Waals surface area contributed by atoms with Crippen LogP contribution < -0.4 is 10.2 Å². The number of rotatable bonds is 3. The lowest BCUT2D eigenvalue weighted by molar-refractivity contribution is 0.270. The minimum atomic E-state index is -2.71. The van der Waals surface area contributed by atoms with Crippen LogP contribution in [-0.4, -0.2) is 25.6 Å². The molecule has 0 aromatic heterocycles. The Morgan fingerprint density at radius 3 is 3.09 bits per heavy atom. The molecule has 0 aliphatic carbocycles. The van der Waals surface area contributed by atoms with Crippen LogP contribution in [0.15, 0.2) is 0 Å². The first-order chi connectivity index (χ1) is 5.27. The van der Waals surface area contributed by atoms with Crippen molar-refractivity contribution in [1.29, 1.82) is 0 Å². The summed E-state index contributed by atoms with van der Waals surface area (Å²) in [6, 6.07) is 0. The van der Waals surface area contributed by atoms with Crippen molar-refractivity contribution >= 4 is 19.3 Å². The summed E-state index contributed by atoms with van der Waals surface area (Å²) in [5, 5.41) is 5.53. The minimum Gasteiger partial charge on any atom is -0.306 e. The van der Waals surface area contributed by atoms with Gasteiger partial charge in [0.25, 0.3) is 0 Å². The van der Waals surface area contributed by atoms with Crippen molar-refractivity contribution in [2.24, 2.45) is 0 Å². The van der Waals surface area contributed by atoms with E-state index < -0.39 is 7.67 Å². The maximum absolute atomic E-state index is 11.5. The third kappa shape index (κ3) is 3.09. The Labute approximate surface area is 71.2 Å². The number of alkyl halides is 1. The zero-order valence-corrected chi connectivity index (χ0v) is 7.83. The van der Waals surface area contributed by atoms with Gasteiger partial charge in [-0.15, -0.1) is 11.6 Å². The monoisotopic (exact) mass is 198 g/mol. The lowest BCUT2D eigenvalue weighted by Gasteiger charge is -2.24. The first-order valence-corrected chi connectivity index (χ1v) is 5.73. The molecule has 1 atom stereocenters. The number of hydrogen-bond acceptors (Lipinski definition) is 2. The van der Waals surface area contributed by atoms with Gasteiger partial charge in [0.2, 0.25) is 0 Å². The van der Waals surface area contributed by atoms with Crippen LogP contribution in [0.25, 0.3) is 0 Å². The van der Waals surface area contributed by atoms with Crippen molar-refractivity contribution in [2.75, 3.05) is 25.6 Å². The molecule has 66 valence electrons. The molecule has 1 aliphatic rings. The zero-order valence-electron chi connectivity index (χ0n) is 6.18. The van der Waals surface area contributed by atoms with Crippen molar-refractivity contribution in [3.05, 3.63) is 0 Å². The Hall–Kier alpha value is 0.400. The van der Waals surface area contributed by atoms with Crippen molar-refractivity contribution in [2.45, 2.75) is 6.42 Å². The molecule has 11 heavy (non-hydrogen) atoms. The highest BCUT2D eigenvalue weighted by Crippen LogP contribution is 2.39. The molecule has 4 nitrogen and oxygen atoms in total. The summed E-state index contributed by atoms with van der Waals surface area (Å²) in [4.78, 5) is 0. The van der Waals surface area contributed by atoms with Crippen molar-refractivity contribution in [3.8, 4) is 0 Å². The standard InChI is InChI=1S/C5H12ClN2O2P/c6-2-4-8-11(9)7-3-1-5-10-11/h1-5H2,(H2,7,8,9)/t11-/m0/s1. The first-order valence-electron chi connectivity index (χ1n) is 3.58. The number of nitrogens with one attached hydrogen (secondary N) is 2. The molecular formula is C5H12ClN2O2P. The molecule has 6 heteroatoms. The van der Waals surface area contributed by atoms with Crippen LogP contribution in [0, 0.1) is 0 Å². The van der Waals surface area contributed by atoms with E-state index in [1.165, 1.54) is 0 Å². The van der Waals surface area contributed by atoms with Gasteiger partial charge in [-0.2, -0.15) is 0 Å². The SMILES string of the molecule is O=[P@@]1(NCCCl)NCCCO1. The summed E-state index contributed by atoms with van der Waals surface area (Å²) in [6.45, 7) is 1.80. The molecule has 0 aromatic rings. The predicted molar refractivity (Wildman–Crippen MR) is 44.9 cm³/mol. The van der Waals surface area contributed by atoms with E-state index in [-0.39, 0.29) is 0 Å². The summed E-state index contributed by atoms with van der Waals surface area (Å²) in [5.74, 6) is 0.440. The van der Waals surface area contributed by atoms with E-state index in [9.17, 15) is 4.57 Å². The lowest BCUT2D eigenvalue weighted by atomic mass is 10.5. The van der Waals surface area contributed by atoms with Gasteiger partial charge in [0.15, 0.2) is 0 Å². The first kappa shape index (κ1) is 9.49. The van der Waals surface area contributed by atoms with Crippen LogP contribution in [-0.2, 0) is 9.09 Å². The molecule has 0 amide bonds. The molecule has 0 bridgehead atoms. The van der Waals surface area contributed by atoms with Crippen molar-refractivity contribution in [1.82, 2.24) is 10.2 Å². The van der Waals surface area contributed by atoms with E-state index in [4.69, 9.17) is 16.1 Å². The summed E-state index contributed by atoms with van der Waals surface area (Å²) < 4.78 is 16.5. The van der Waals surface area contributed by atoms with Crippen LogP contribution in [0.2, 0.25) is 0 Å². The van der Waals surface area contributed by atoms with Gasteiger partial charge in [-0.3, -0.25) is 4.57 Å². The minimum absolute atomic E-state index is 0.440. The maximum Gasteiger partial charge on any atom is 0.340 e.